The molecule has 1 aliphatic carbocycles. The third-order valence-electron chi connectivity index (χ3n) is 3.76. The van der Waals surface area contributed by atoms with Crippen LogP contribution in [0.3, 0.4) is 0 Å². The lowest BCUT2D eigenvalue weighted by molar-refractivity contribution is -0.385. The molecule has 110 valence electrons. The van der Waals surface area contributed by atoms with Crippen LogP contribution in [0.15, 0.2) is 12.4 Å². The van der Waals surface area contributed by atoms with Crippen molar-refractivity contribution in [2.24, 2.45) is 0 Å². The van der Waals surface area contributed by atoms with Crippen molar-refractivity contribution in [2.75, 3.05) is 0 Å². The quantitative estimate of drug-likeness (QED) is 0.661. The molecule has 1 fully saturated rings. The number of carbonyl (C=O) groups is 1. The second-order valence-corrected chi connectivity index (χ2v) is 5.20. The van der Waals surface area contributed by atoms with Crippen LogP contribution in [0.5, 0.6) is 0 Å². The fraction of sp³-hybridized carbons (Fsp3) is 0.692. The smallest absolute Gasteiger partial charge is 0.307 e. The van der Waals surface area contributed by atoms with Crippen LogP contribution in [0.1, 0.15) is 51.5 Å². The average molecular weight is 280 g/mol. The van der Waals surface area contributed by atoms with Crippen LogP contribution < -0.4 is 5.32 Å². The van der Waals surface area contributed by atoms with Crippen LogP contribution in [0, 0.1) is 10.1 Å². The summed E-state index contributed by atoms with van der Waals surface area (Å²) in [5.74, 6) is -0.0996. The minimum absolute atomic E-state index is 0.0890. The van der Waals surface area contributed by atoms with Crippen LogP contribution in [0.2, 0.25) is 0 Å². The van der Waals surface area contributed by atoms with E-state index < -0.39 is 11.0 Å². The van der Waals surface area contributed by atoms with Gasteiger partial charge in [-0.1, -0.05) is 26.2 Å². The highest BCUT2D eigenvalue weighted by Gasteiger charge is 2.24. The molecule has 20 heavy (non-hydrogen) atoms. The van der Waals surface area contributed by atoms with Gasteiger partial charge in [0.05, 0.1) is 4.92 Å². The molecule has 0 aromatic carbocycles. The van der Waals surface area contributed by atoms with Crippen molar-refractivity contribution in [1.29, 1.82) is 0 Å². The Morgan fingerprint density at radius 3 is 2.80 bits per heavy atom. The molecule has 0 spiro atoms. The van der Waals surface area contributed by atoms with Gasteiger partial charge in [0.2, 0.25) is 5.91 Å². The molecule has 7 nitrogen and oxygen atoms in total. The first kappa shape index (κ1) is 14.5. The van der Waals surface area contributed by atoms with Crippen molar-refractivity contribution >= 4 is 11.6 Å². The summed E-state index contributed by atoms with van der Waals surface area (Å²) in [6.45, 7) is 1.87. The fourth-order valence-corrected chi connectivity index (χ4v) is 2.63. The molecule has 0 saturated heterocycles. The number of carbonyl (C=O) groups excluding carboxylic acids is 1. The average Bonchev–Trinajstić information content (AvgIpc) is 2.90. The second-order valence-electron chi connectivity index (χ2n) is 5.20. The summed E-state index contributed by atoms with van der Waals surface area (Å²) in [6.07, 6.45) is 8.60. The van der Waals surface area contributed by atoms with Gasteiger partial charge in [-0.3, -0.25) is 19.6 Å². The SMILES string of the molecule is CCC(C(=O)NC1CCCCC1)n1cc([N+](=O)[O-])cn1. The third kappa shape index (κ3) is 3.34. The zero-order valence-electron chi connectivity index (χ0n) is 11.6. The molecule has 1 unspecified atom stereocenters. The van der Waals surface area contributed by atoms with Crippen LogP contribution in [-0.4, -0.2) is 26.7 Å². The first-order chi connectivity index (χ1) is 9.61. The maximum atomic E-state index is 12.3. The number of hydrogen-bond donors (Lipinski definition) is 1. The molecule has 0 aliphatic heterocycles. The lowest BCUT2D eigenvalue weighted by Crippen LogP contribution is -2.40. The molecule has 0 radical (unpaired) electrons. The molecule has 1 aliphatic rings. The van der Waals surface area contributed by atoms with Gasteiger partial charge in [-0.25, -0.2) is 0 Å². The van der Waals surface area contributed by atoms with Gasteiger partial charge >= 0.3 is 5.69 Å². The van der Waals surface area contributed by atoms with Gasteiger partial charge in [0.15, 0.2) is 0 Å². The predicted molar refractivity (Wildman–Crippen MR) is 73.2 cm³/mol. The molecule has 1 aromatic rings. The lowest BCUT2D eigenvalue weighted by atomic mass is 9.95. The first-order valence-corrected chi connectivity index (χ1v) is 7.10. The van der Waals surface area contributed by atoms with E-state index in [1.807, 2.05) is 6.92 Å². The molecule has 0 bridgehead atoms. The normalized spacial score (nSPS) is 17.6. The first-order valence-electron chi connectivity index (χ1n) is 7.10. The van der Waals surface area contributed by atoms with E-state index in [1.165, 1.54) is 23.5 Å². The van der Waals surface area contributed by atoms with E-state index in [9.17, 15) is 14.9 Å². The van der Waals surface area contributed by atoms with Gasteiger partial charge in [-0.05, 0) is 19.3 Å². The topological polar surface area (TPSA) is 90.1 Å². The largest absolute Gasteiger partial charge is 0.352 e. The molecular weight excluding hydrogens is 260 g/mol. The summed E-state index contributed by atoms with van der Waals surface area (Å²) in [6, 6.07) is -0.249. The van der Waals surface area contributed by atoms with E-state index >= 15 is 0 Å². The van der Waals surface area contributed by atoms with Gasteiger partial charge in [0, 0.05) is 6.04 Å². The third-order valence-corrected chi connectivity index (χ3v) is 3.76. The molecule has 1 aromatic heterocycles. The van der Waals surface area contributed by atoms with Crippen LogP contribution in [-0.2, 0) is 4.79 Å². The Kier molecular flexibility index (Phi) is 4.70. The summed E-state index contributed by atoms with van der Waals surface area (Å²) in [4.78, 5) is 22.4. The Hall–Kier alpha value is -1.92. The van der Waals surface area contributed by atoms with Crippen molar-refractivity contribution in [2.45, 2.75) is 57.5 Å². The van der Waals surface area contributed by atoms with Gasteiger partial charge in [0.25, 0.3) is 0 Å². The summed E-state index contributed by atoms with van der Waals surface area (Å²) >= 11 is 0. The molecule has 1 heterocycles. The Labute approximate surface area is 117 Å². The summed E-state index contributed by atoms with van der Waals surface area (Å²) < 4.78 is 1.39. The second kappa shape index (κ2) is 6.49. The number of hydrogen-bond acceptors (Lipinski definition) is 4. The highest BCUT2D eigenvalue weighted by atomic mass is 16.6. The van der Waals surface area contributed by atoms with Gasteiger partial charge in [-0.2, -0.15) is 5.10 Å². The molecule has 1 amide bonds. The molecule has 1 N–H and O–H groups in total. The maximum Gasteiger partial charge on any atom is 0.307 e. The van der Waals surface area contributed by atoms with Crippen molar-refractivity contribution in [3.8, 4) is 0 Å². The summed E-state index contributed by atoms with van der Waals surface area (Å²) in [5, 5.41) is 17.6. The van der Waals surface area contributed by atoms with Gasteiger partial charge in [-0.15, -0.1) is 0 Å². The highest BCUT2D eigenvalue weighted by Crippen LogP contribution is 2.20. The van der Waals surface area contributed by atoms with E-state index in [-0.39, 0.29) is 17.6 Å². The van der Waals surface area contributed by atoms with E-state index in [0.717, 1.165) is 25.7 Å². The van der Waals surface area contributed by atoms with Crippen molar-refractivity contribution in [1.82, 2.24) is 15.1 Å². The molecule has 7 heteroatoms. The molecule has 1 saturated carbocycles. The van der Waals surface area contributed by atoms with Crippen LogP contribution in [0.25, 0.3) is 0 Å². The zero-order valence-corrected chi connectivity index (χ0v) is 11.6. The Bertz CT molecular complexity index is 480. The minimum atomic E-state index is -0.505. The molecule has 2 rings (SSSR count). The van der Waals surface area contributed by atoms with Gasteiger partial charge < -0.3 is 5.32 Å². The fourth-order valence-electron chi connectivity index (χ4n) is 2.63. The Morgan fingerprint density at radius 2 is 2.25 bits per heavy atom. The van der Waals surface area contributed by atoms with Crippen molar-refractivity contribution in [3.05, 3.63) is 22.5 Å². The van der Waals surface area contributed by atoms with Crippen LogP contribution in [0.4, 0.5) is 5.69 Å². The number of nitro groups is 1. The number of aromatic nitrogens is 2. The van der Waals surface area contributed by atoms with Crippen molar-refractivity contribution < 1.29 is 9.72 Å². The molecular formula is C13H20N4O3. The standard InChI is InChI=1S/C13H20N4O3/c1-2-12(16-9-11(8-14-16)17(19)20)13(18)15-10-6-4-3-5-7-10/h8-10,12H,2-7H2,1H3,(H,15,18). The maximum absolute atomic E-state index is 12.3. The molecule has 1 atom stereocenters. The number of nitrogens with one attached hydrogen (secondary N) is 1. The number of rotatable bonds is 5. The van der Waals surface area contributed by atoms with E-state index in [0.29, 0.717) is 6.42 Å². The Balaban J connectivity index is 2.02. The van der Waals surface area contributed by atoms with E-state index in [1.54, 1.807) is 0 Å². The van der Waals surface area contributed by atoms with E-state index in [4.69, 9.17) is 0 Å². The minimum Gasteiger partial charge on any atom is -0.352 e. The summed E-state index contributed by atoms with van der Waals surface area (Å²) in [7, 11) is 0. The number of nitrogens with zero attached hydrogens (tertiary/aromatic N) is 3. The zero-order chi connectivity index (χ0) is 14.5. The van der Waals surface area contributed by atoms with E-state index in [2.05, 4.69) is 10.4 Å². The van der Waals surface area contributed by atoms with Crippen molar-refractivity contribution in [3.63, 3.8) is 0 Å². The predicted octanol–water partition coefficient (Wildman–Crippen LogP) is 2.19. The summed E-state index contributed by atoms with van der Waals surface area (Å²) in [5.41, 5.74) is -0.0890. The van der Waals surface area contributed by atoms with Gasteiger partial charge in [0.1, 0.15) is 18.4 Å². The highest BCUT2D eigenvalue weighted by molar-refractivity contribution is 5.80. The number of amides is 1. The lowest BCUT2D eigenvalue weighted by Gasteiger charge is -2.25. The Morgan fingerprint density at radius 1 is 1.55 bits per heavy atom. The van der Waals surface area contributed by atoms with Crippen LogP contribution >= 0.6 is 0 Å². The monoisotopic (exact) mass is 280 g/mol.